The first-order valence-electron chi connectivity index (χ1n) is 12.2. The normalized spacial score (nSPS) is 14.7. The topological polar surface area (TPSA) is 89.1 Å². The second-order valence-corrected chi connectivity index (χ2v) is 12.0. The van der Waals surface area contributed by atoms with Crippen LogP contribution in [0, 0.1) is 5.92 Å². The quantitative estimate of drug-likeness (QED) is 0.232. The number of halogens is 3. The molecule has 0 radical (unpaired) electrons. The van der Waals surface area contributed by atoms with Crippen LogP contribution in [0.15, 0.2) is 65.6 Å². The zero-order valence-electron chi connectivity index (χ0n) is 20.5. The number of rotatable bonds is 10. The predicted octanol–water partition coefficient (Wildman–Crippen LogP) is 6.78. The number of hydrogen-bond donors (Lipinski definition) is 1. The fourth-order valence-corrected chi connectivity index (χ4v) is 6.53. The van der Waals surface area contributed by atoms with E-state index in [1.165, 1.54) is 13.0 Å². The van der Waals surface area contributed by atoms with Crippen molar-refractivity contribution < 1.29 is 26.7 Å². The van der Waals surface area contributed by atoms with Crippen LogP contribution in [0.4, 0.5) is 8.78 Å². The van der Waals surface area contributed by atoms with E-state index in [0.29, 0.717) is 33.0 Å². The summed E-state index contributed by atoms with van der Waals surface area (Å²) in [6.45, 7) is -1.50. The molecular formula is C28H25ClF2N2O4S. The van der Waals surface area contributed by atoms with E-state index in [1.807, 2.05) is 0 Å². The van der Waals surface area contributed by atoms with E-state index in [0.717, 1.165) is 18.4 Å². The minimum Gasteiger partial charge on any atom is -0.434 e. The Morgan fingerprint density at radius 2 is 1.82 bits per heavy atom. The maximum absolute atomic E-state index is 12.9. The molecule has 1 atom stereocenters. The van der Waals surface area contributed by atoms with E-state index in [-0.39, 0.29) is 34.5 Å². The number of para-hydroxylation sites is 1. The number of ketones is 1. The summed E-state index contributed by atoms with van der Waals surface area (Å²) in [5, 5.41) is 0.311. The number of carbonyl (C=O) groups excluding carboxylic acids is 1. The molecule has 198 valence electrons. The number of carbonyl (C=O) groups is 1. The fourth-order valence-electron chi connectivity index (χ4n) is 4.57. The number of fused-ring (bicyclic) bond motifs is 1. The van der Waals surface area contributed by atoms with Crippen molar-refractivity contribution in [2.45, 2.75) is 43.6 Å². The summed E-state index contributed by atoms with van der Waals surface area (Å²) in [5.74, 6) is 0.391. The first kappa shape index (κ1) is 26.3. The van der Waals surface area contributed by atoms with Crippen LogP contribution in [0.1, 0.15) is 43.5 Å². The van der Waals surface area contributed by atoms with E-state index in [9.17, 15) is 22.0 Å². The van der Waals surface area contributed by atoms with Gasteiger partial charge < -0.3 is 9.72 Å². The minimum atomic E-state index is -3.36. The maximum Gasteiger partial charge on any atom is 0.387 e. The van der Waals surface area contributed by atoms with Gasteiger partial charge in [-0.15, -0.1) is 0 Å². The molecule has 4 aromatic rings. The number of nitrogens with one attached hydrogen (secondary N) is 1. The van der Waals surface area contributed by atoms with Gasteiger partial charge in [-0.3, -0.25) is 4.79 Å². The van der Waals surface area contributed by atoms with Crippen molar-refractivity contribution >= 4 is 38.3 Å². The minimum absolute atomic E-state index is 0.00862. The molecule has 1 aromatic heterocycles. The molecule has 1 heterocycles. The summed E-state index contributed by atoms with van der Waals surface area (Å²) in [5.41, 5.74) is 2.75. The smallest absolute Gasteiger partial charge is 0.387 e. The number of aromatic amines is 1. The molecule has 1 saturated carbocycles. The molecule has 5 rings (SSSR count). The van der Waals surface area contributed by atoms with Gasteiger partial charge in [0.05, 0.1) is 26.7 Å². The molecule has 6 nitrogen and oxygen atoms in total. The van der Waals surface area contributed by atoms with Crippen LogP contribution < -0.4 is 4.74 Å². The highest BCUT2D eigenvalue weighted by molar-refractivity contribution is 7.91. The van der Waals surface area contributed by atoms with Crippen LogP contribution in [0.5, 0.6) is 5.75 Å². The number of hydrogen-bond acceptors (Lipinski definition) is 5. The summed E-state index contributed by atoms with van der Waals surface area (Å²) in [7, 11) is -3.36. The first-order valence-corrected chi connectivity index (χ1v) is 14.2. The Morgan fingerprint density at radius 1 is 1.11 bits per heavy atom. The highest BCUT2D eigenvalue weighted by Crippen LogP contribution is 2.39. The van der Waals surface area contributed by atoms with E-state index in [2.05, 4.69) is 9.72 Å². The van der Waals surface area contributed by atoms with Crippen LogP contribution in [0.25, 0.3) is 22.2 Å². The predicted molar refractivity (Wildman–Crippen MR) is 142 cm³/mol. The third-order valence-corrected chi connectivity index (χ3v) is 8.81. The second kappa shape index (κ2) is 10.5. The molecule has 1 unspecified atom stereocenters. The van der Waals surface area contributed by atoms with Gasteiger partial charge in [0, 0.05) is 23.5 Å². The van der Waals surface area contributed by atoms with Gasteiger partial charge in [0.25, 0.3) is 0 Å². The Balaban J connectivity index is 1.51. The van der Waals surface area contributed by atoms with Crippen molar-refractivity contribution in [3.05, 3.63) is 77.1 Å². The Kier molecular flexibility index (Phi) is 7.24. The zero-order valence-corrected chi connectivity index (χ0v) is 22.0. The molecule has 0 spiro atoms. The number of sulfone groups is 1. The van der Waals surface area contributed by atoms with Gasteiger partial charge in [-0.25, -0.2) is 13.4 Å². The van der Waals surface area contributed by atoms with Gasteiger partial charge in [0.15, 0.2) is 9.84 Å². The van der Waals surface area contributed by atoms with E-state index in [4.69, 9.17) is 16.6 Å². The lowest BCUT2D eigenvalue weighted by Crippen LogP contribution is -2.10. The van der Waals surface area contributed by atoms with Crippen molar-refractivity contribution in [1.29, 1.82) is 0 Å². The van der Waals surface area contributed by atoms with Crippen molar-refractivity contribution in [2.75, 3.05) is 5.75 Å². The summed E-state index contributed by atoms with van der Waals surface area (Å²) < 4.78 is 55.9. The molecule has 0 amide bonds. The maximum atomic E-state index is 12.9. The SMILES string of the molecule is CC(=O)CC(c1ccc(S(=O)(=O)CC2CC2)cc1)c1nc2cc(-c3ccccc3OC(F)F)c(Cl)cc2[nH]1. The van der Waals surface area contributed by atoms with Gasteiger partial charge in [0.1, 0.15) is 17.4 Å². The lowest BCUT2D eigenvalue weighted by Gasteiger charge is -2.14. The third-order valence-electron chi connectivity index (χ3n) is 6.60. The number of H-pyrrole nitrogens is 1. The number of nitrogens with zero attached hydrogens (tertiary/aromatic N) is 1. The molecule has 38 heavy (non-hydrogen) atoms. The molecule has 3 aromatic carbocycles. The highest BCUT2D eigenvalue weighted by atomic mass is 35.5. The number of aromatic nitrogens is 2. The van der Waals surface area contributed by atoms with Crippen LogP contribution in [0.2, 0.25) is 5.02 Å². The largest absolute Gasteiger partial charge is 0.434 e. The van der Waals surface area contributed by atoms with Gasteiger partial charge in [-0.05, 0) is 61.6 Å². The van der Waals surface area contributed by atoms with E-state index in [1.54, 1.807) is 54.6 Å². The Labute approximate surface area is 223 Å². The molecule has 1 fully saturated rings. The molecule has 10 heteroatoms. The van der Waals surface area contributed by atoms with E-state index < -0.39 is 22.4 Å². The molecule has 1 aliphatic carbocycles. The molecular weight excluding hydrogens is 534 g/mol. The van der Waals surface area contributed by atoms with Crippen LogP contribution in [-0.4, -0.2) is 36.5 Å². The van der Waals surface area contributed by atoms with Crippen molar-refractivity contribution in [3.8, 4) is 16.9 Å². The monoisotopic (exact) mass is 558 g/mol. The molecule has 0 bridgehead atoms. The number of ether oxygens (including phenoxy) is 1. The third kappa shape index (κ3) is 5.73. The standard InChI is InChI=1S/C28H25ClF2N2O4S/c1-16(34)12-21(18-8-10-19(11-9-18)38(35,36)15-17-6-7-17)27-32-24-13-22(23(29)14-25(24)33-27)20-4-2-3-5-26(20)37-28(30)31/h2-5,8-11,13-14,17,21,28H,6-7,12,15H2,1H3,(H,32,33). The number of benzene rings is 3. The van der Waals surface area contributed by atoms with Crippen LogP contribution in [0.3, 0.4) is 0 Å². The average Bonchev–Trinajstić information content (AvgIpc) is 3.57. The Bertz CT molecular complexity index is 1600. The van der Waals surface area contributed by atoms with Crippen molar-refractivity contribution in [2.24, 2.45) is 5.92 Å². The van der Waals surface area contributed by atoms with Gasteiger partial charge in [-0.1, -0.05) is 41.9 Å². The second-order valence-electron chi connectivity index (χ2n) is 9.60. The van der Waals surface area contributed by atoms with Crippen LogP contribution in [-0.2, 0) is 14.6 Å². The number of Topliss-reactive ketones (excluding diaryl/α,β-unsaturated/α-hetero) is 1. The van der Waals surface area contributed by atoms with Gasteiger partial charge >= 0.3 is 6.61 Å². The lowest BCUT2D eigenvalue weighted by molar-refractivity contribution is -0.117. The average molecular weight is 559 g/mol. The van der Waals surface area contributed by atoms with Crippen molar-refractivity contribution in [1.82, 2.24) is 9.97 Å². The summed E-state index contributed by atoms with van der Waals surface area (Å²) in [4.78, 5) is 20.4. The zero-order chi connectivity index (χ0) is 27.0. The molecule has 0 saturated heterocycles. The van der Waals surface area contributed by atoms with Gasteiger partial charge in [-0.2, -0.15) is 8.78 Å². The molecule has 1 N–H and O–H groups in total. The van der Waals surface area contributed by atoms with Gasteiger partial charge in [0.2, 0.25) is 0 Å². The fraction of sp³-hybridized carbons (Fsp3) is 0.286. The lowest BCUT2D eigenvalue weighted by atomic mass is 9.93. The summed E-state index contributed by atoms with van der Waals surface area (Å²) >= 11 is 6.54. The Hall–Kier alpha value is -3.30. The highest BCUT2D eigenvalue weighted by Gasteiger charge is 2.29. The summed E-state index contributed by atoms with van der Waals surface area (Å²) in [6.07, 6.45) is 2.04. The number of alkyl halides is 2. The van der Waals surface area contributed by atoms with Crippen LogP contribution >= 0.6 is 11.6 Å². The summed E-state index contributed by atoms with van der Waals surface area (Å²) in [6, 6.07) is 16.3. The molecule has 0 aliphatic heterocycles. The van der Waals surface area contributed by atoms with E-state index >= 15 is 0 Å². The Morgan fingerprint density at radius 3 is 2.47 bits per heavy atom. The number of imidazole rings is 1. The van der Waals surface area contributed by atoms with Crippen molar-refractivity contribution in [3.63, 3.8) is 0 Å². The first-order chi connectivity index (χ1) is 18.1. The molecule has 1 aliphatic rings.